The van der Waals surface area contributed by atoms with Crippen molar-refractivity contribution in [2.24, 2.45) is 5.92 Å². The van der Waals surface area contributed by atoms with Gasteiger partial charge >= 0.3 is 12.0 Å². The Balaban J connectivity index is 1.75. The van der Waals surface area contributed by atoms with E-state index in [2.05, 4.69) is 10.6 Å². The third kappa shape index (κ3) is 4.03. The molecule has 1 aromatic rings. The smallest absolute Gasteiger partial charge is 0.326 e. The van der Waals surface area contributed by atoms with E-state index in [9.17, 15) is 9.59 Å². The monoisotopic (exact) mass is 268 g/mol. The van der Waals surface area contributed by atoms with E-state index in [1.807, 2.05) is 17.5 Å². The second-order valence-electron chi connectivity index (χ2n) is 4.48. The van der Waals surface area contributed by atoms with Gasteiger partial charge in [0.1, 0.15) is 6.04 Å². The first kappa shape index (κ1) is 12.9. The van der Waals surface area contributed by atoms with E-state index in [1.54, 1.807) is 11.3 Å². The molecule has 0 aromatic carbocycles. The van der Waals surface area contributed by atoms with Crippen LogP contribution in [0.25, 0.3) is 0 Å². The number of hydrogen-bond donors (Lipinski definition) is 3. The molecule has 1 heterocycles. The maximum absolute atomic E-state index is 11.6. The number of amides is 2. The maximum atomic E-state index is 11.6. The summed E-state index contributed by atoms with van der Waals surface area (Å²) in [5.41, 5.74) is 0. The van der Waals surface area contributed by atoms with Gasteiger partial charge in [-0.25, -0.2) is 9.59 Å². The van der Waals surface area contributed by atoms with E-state index >= 15 is 0 Å². The lowest BCUT2D eigenvalue weighted by molar-refractivity contribution is -0.139. The summed E-state index contributed by atoms with van der Waals surface area (Å²) in [6.07, 6.45) is 2.67. The van der Waals surface area contributed by atoms with Crippen LogP contribution >= 0.6 is 11.3 Å². The van der Waals surface area contributed by atoms with Crippen LogP contribution in [-0.4, -0.2) is 23.1 Å². The highest BCUT2D eigenvalue weighted by molar-refractivity contribution is 7.09. The molecule has 0 bridgehead atoms. The third-order valence-electron chi connectivity index (χ3n) is 2.87. The average Bonchev–Trinajstić information content (AvgIpc) is 2.99. The van der Waals surface area contributed by atoms with Crippen molar-refractivity contribution in [3.8, 4) is 0 Å². The Bertz CT molecular complexity index is 415. The highest BCUT2D eigenvalue weighted by Crippen LogP contribution is 2.33. The van der Waals surface area contributed by atoms with Crippen LogP contribution < -0.4 is 10.6 Å². The number of aliphatic carboxylic acids is 1. The van der Waals surface area contributed by atoms with Crippen molar-refractivity contribution in [2.45, 2.75) is 31.8 Å². The normalized spacial score (nSPS) is 16.0. The summed E-state index contributed by atoms with van der Waals surface area (Å²) in [7, 11) is 0. The Labute approximate surface area is 109 Å². The van der Waals surface area contributed by atoms with Gasteiger partial charge in [-0.15, -0.1) is 11.3 Å². The number of rotatable bonds is 6. The van der Waals surface area contributed by atoms with Gasteiger partial charge in [-0.1, -0.05) is 18.9 Å². The third-order valence-corrected chi connectivity index (χ3v) is 3.75. The molecule has 0 radical (unpaired) electrons. The van der Waals surface area contributed by atoms with Crippen molar-refractivity contribution in [2.75, 3.05) is 0 Å². The lowest BCUT2D eigenvalue weighted by Crippen LogP contribution is -2.45. The fourth-order valence-electron chi connectivity index (χ4n) is 1.70. The summed E-state index contributed by atoms with van der Waals surface area (Å²) in [6.45, 7) is 0.430. The Morgan fingerprint density at radius 3 is 2.83 bits per heavy atom. The van der Waals surface area contributed by atoms with Gasteiger partial charge in [-0.2, -0.15) is 0 Å². The highest BCUT2D eigenvalue weighted by Gasteiger charge is 2.30. The van der Waals surface area contributed by atoms with E-state index in [1.165, 1.54) is 0 Å². The summed E-state index contributed by atoms with van der Waals surface area (Å²) in [5.74, 6) is -0.503. The van der Waals surface area contributed by atoms with Crippen molar-refractivity contribution >= 4 is 23.3 Å². The number of hydrogen-bond acceptors (Lipinski definition) is 3. The van der Waals surface area contributed by atoms with Gasteiger partial charge in [0, 0.05) is 4.88 Å². The SMILES string of the molecule is O=C(NCc1cccs1)NC(CC1CC1)C(=O)O. The number of carboxylic acids is 1. The predicted octanol–water partition coefficient (Wildman–Crippen LogP) is 1.80. The Kier molecular flexibility index (Phi) is 4.19. The first-order valence-electron chi connectivity index (χ1n) is 5.94. The molecule has 0 saturated heterocycles. The van der Waals surface area contributed by atoms with Crippen LogP contribution in [0.2, 0.25) is 0 Å². The second-order valence-corrected chi connectivity index (χ2v) is 5.51. The molecular formula is C12H16N2O3S. The number of carboxylic acid groups (broad SMARTS) is 1. The van der Waals surface area contributed by atoms with E-state index in [0.717, 1.165) is 17.7 Å². The highest BCUT2D eigenvalue weighted by atomic mass is 32.1. The topological polar surface area (TPSA) is 78.4 Å². The minimum Gasteiger partial charge on any atom is -0.480 e. The van der Waals surface area contributed by atoms with Gasteiger partial charge in [0.05, 0.1) is 6.54 Å². The van der Waals surface area contributed by atoms with Crippen molar-refractivity contribution < 1.29 is 14.7 Å². The van der Waals surface area contributed by atoms with Gasteiger partial charge in [0.25, 0.3) is 0 Å². The average molecular weight is 268 g/mol. The van der Waals surface area contributed by atoms with Crippen LogP contribution in [0.3, 0.4) is 0 Å². The van der Waals surface area contributed by atoms with Gasteiger partial charge in [0.2, 0.25) is 0 Å². The summed E-state index contributed by atoms with van der Waals surface area (Å²) < 4.78 is 0. The van der Waals surface area contributed by atoms with Crippen LogP contribution in [0.15, 0.2) is 17.5 Å². The minimum absolute atomic E-state index is 0.420. The first-order chi connectivity index (χ1) is 8.65. The molecule has 98 valence electrons. The second kappa shape index (κ2) is 5.86. The van der Waals surface area contributed by atoms with Crippen molar-refractivity contribution in [1.29, 1.82) is 0 Å². The van der Waals surface area contributed by atoms with Gasteiger partial charge < -0.3 is 15.7 Å². The molecule has 2 amide bonds. The zero-order valence-electron chi connectivity index (χ0n) is 9.89. The van der Waals surface area contributed by atoms with Crippen LogP contribution in [0.4, 0.5) is 4.79 Å². The van der Waals surface area contributed by atoms with Gasteiger partial charge in [0.15, 0.2) is 0 Å². The zero-order valence-corrected chi connectivity index (χ0v) is 10.7. The predicted molar refractivity (Wildman–Crippen MR) is 68.5 cm³/mol. The van der Waals surface area contributed by atoms with Gasteiger partial charge in [-0.3, -0.25) is 0 Å². The van der Waals surface area contributed by atoms with Crippen LogP contribution in [-0.2, 0) is 11.3 Å². The van der Waals surface area contributed by atoms with E-state index in [-0.39, 0.29) is 0 Å². The molecule has 5 nitrogen and oxygen atoms in total. The molecule has 1 aromatic heterocycles. The standard InChI is InChI=1S/C12H16N2O3S/c15-11(16)10(6-8-3-4-8)14-12(17)13-7-9-2-1-5-18-9/h1-2,5,8,10H,3-4,6-7H2,(H,15,16)(H2,13,14,17). The number of nitrogens with one attached hydrogen (secondary N) is 2. The molecule has 1 unspecified atom stereocenters. The molecule has 1 aliphatic rings. The first-order valence-corrected chi connectivity index (χ1v) is 6.82. The maximum Gasteiger partial charge on any atom is 0.326 e. The van der Waals surface area contributed by atoms with Gasteiger partial charge in [-0.05, 0) is 23.8 Å². The number of urea groups is 1. The van der Waals surface area contributed by atoms with Crippen LogP contribution in [0.1, 0.15) is 24.1 Å². The molecule has 18 heavy (non-hydrogen) atoms. The summed E-state index contributed by atoms with van der Waals surface area (Å²) in [4.78, 5) is 23.6. The largest absolute Gasteiger partial charge is 0.480 e. The van der Waals surface area contributed by atoms with Crippen LogP contribution in [0, 0.1) is 5.92 Å². The number of thiophene rings is 1. The molecule has 1 saturated carbocycles. The molecule has 1 aliphatic carbocycles. The lowest BCUT2D eigenvalue weighted by atomic mass is 10.1. The summed E-state index contributed by atoms with van der Waals surface area (Å²) in [5, 5.41) is 16.1. The molecular weight excluding hydrogens is 252 g/mol. The zero-order chi connectivity index (χ0) is 13.0. The molecule has 1 atom stereocenters. The fraction of sp³-hybridized carbons (Fsp3) is 0.500. The Hall–Kier alpha value is -1.56. The quantitative estimate of drug-likeness (QED) is 0.736. The molecule has 0 aliphatic heterocycles. The summed E-state index contributed by atoms with van der Waals surface area (Å²) >= 11 is 1.55. The van der Waals surface area contributed by atoms with E-state index in [4.69, 9.17) is 5.11 Å². The van der Waals surface area contributed by atoms with Crippen molar-refractivity contribution in [3.63, 3.8) is 0 Å². The van der Waals surface area contributed by atoms with Crippen LogP contribution in [0.5, 0.6) is 0 Å². The van der Waals surface area contributed by atoms with E-state index < -0.39 is 18.0 Å². The van der Waals surface area contributed by atoms with Crippen molar-refractivity contribution in [1.82, 2.24) is 10.6 Å². The molecule has 1 fully saturated rings. The number of carbonyl (C=O) groups excluding carboxylic acids is 1. The molecule has 0 spiro atoms. The molecule has 3 N–H and O–H groups in total. The van der Waals surface area contributed by atoms with Crippen molar-refractivity contribution in [3.05, 3.63) is 22.4 Å². The summed E-state index contributed by atoms with van der Waals surface area (Å²) in [6, 6.07) is 2.63. The van der Waals surface area contributed by atoms with E-state index in [0.29, 0.717) is 18.9 Å². The number of carbonyl (C=O) groups is 2. The molecule has 2 rings (SSSR count). The Morgan fingerprint density at radius 1 is 1.50 bits per heavy atom. The lowest BCUT2D eigenvalue weighted by Gasteiger charge is -2.14. The fourth-order valence-corrected chi connectivity index (χ4v) is 2.34. The minimum atomic E-state index is -0.965. The molecule has 6 heteroatoms. The Morgan fingerprint density at radius 2 is 2.28 bits per heavy atom.